The Kier molecular flexibility index (Phi) is 11.2. The summed E-state index contributed by atoms with van der Waals surface area (Å²) in [4.78, 5) is 6.36. The Hall–Kier alpha value is -5.93. The highest BCUT2D eigenvalue weighted by molar-refractivity contribution is 7.89. The van der Waals surface area contributed by atoms with Gasteiger partial charge in [-0.3, -0.25) is 0 Å². The smallest absolute Gasteiger partial charge is 0.357 e. The zero-order chi connectivity index (χ0) is 42.2. The van der Waals surface area contributed by atoms with Gasteiger partial charge < -0.3 is 9.97 Å². The molecule has 304 valence electrons. The van der Waals surface area contributed by atoms with Crippen molar-refractivity contribution in [3.8, 4) is 6.07 Å². The van der Waals surface area contributed by atoms with E-state index < -0.39 is 49.4 Å². The fourth-order valence-corrected chi connectivity index (χ4v) is 9.20. The van der Waals surface area contributed by atoms with E-state index in [0.29, 0.717) is 41.2 Å². The Bertz CT molecular complexity index is 2730. The summed E-state index contributed by atoms with van der Waals surface area (Å²) in [5.74, 6) is -0.634. The standard InChI is InChI=1S/C42H33F6N5O4S2/c43-41(44,45)28-13-17-30(18-14-28)58(54,55)50-23-21-34-32-5-1-3-7-36(32)52-39(34)38(27-11-9-26(25-49)10-12-27)40-35(33-6-2-4-8-37(33)53-40)22-24-51-59(56,57)31-19-15-29(16-20-31)42(46,47)48/h1-20,38,50-53H,21-24H2. The first kappa shape index (κ1) is 41.2. The number of aromatic amines is 2. The van der Waals surface area contributed by atoms with Crippen LogP contribution in [0.5, 0.6) is 0 Å². The summed E-state index contributed by atoms with van der Waals surface area (Å²) in [6.07, 6.45) is -9.01. The molecular weight excluding hydrogens is 817 g/mol. The number of sulfonamides is 2. The number of rotatable bonds is 13. The van der Waals surface area contributed by atoms with Crippen LogP contribution in [0.2, 0.25) is 0 Å². The Morgan fingerprint density at radius 3 is 1.32 bits per heavy atom. The summed E-state index contributed by atoms with van der Waals surface area (Å²) in [5.41, 5.74) is 3.36. The number of hydrogen-bond donors (Lipinski definition) is 4. The number of para-hydroxylation sites is 2. The second-order valence-corrected chi connectivity index (χ2v) is 17.2. The van der Waals surface area contributed by atoms with E-state index in [1.165, 1.54) is 0 Å². The lowest BCUT2D eigenvalue weighted by molar-refractivity contribution is -0.138. The van der Waals surface area contributed by atoms with Crippen molar-refractivity contribution in [3.63, 3.8) is 0 Å². The van der Waals surface area contributed by atoms with Crippen molar-refractivity contribution >= 4 is 41.9 Å². The molecule has 0 fully saturated rings. The molecule has 0 spiro atoms. The van der Waals surface area contributed by atoms with Crippen molar-refractivity contribution in [2.45, 2.75) is 40.9 Å². The van der Waals surface area contributed by atoms with Crippen LogP contribution in [0.15, 0.2) is 131 Å². The molecule has 0 saturated heterocycles. The molecule has 17 heteroatoms. The van der Waals surface area contributed by atoms with Gasteiger partial charge in [0, 0.05) is 46.3 Å². The van der Waals surface area contributed by atoms with Crippen molar-refractivity contribution in [1.82, 2.24) is 19.4 Å². The number of benzene rings is 5. The number of nitriles is 1. The normalized spacial score (nSPS) is 12.7. The maximum Gasteiger partial charge on any atom is 0.416 e. The number of halogens is 6. The third-order valence-corrected chi connectivity index (χ3v) is 12.9. The lowest BCUT2D eigenvalue weighted by atomic mass is 9.86. The number of aromatic nitrogens is 2. The van der Waals surface area contributed by atoms with Gasteiger partial charge in [-0.25, -0.2) is 26.3 Å². The molecule has 0 unspecified atom stereocenters. The molecule has 7 aromatic rings. The third kappa shape index (κ3) is 8.76. The van der Waals surface area contributed by atoms with Crippen LogP contribution in [0, 0.1) is 11.3 Å². The van der Waals surface area contributed by atoms with Gasteiger partial charge in [0.1, 0.15) is 0 Å². The predicted molar refractivity (Wildman–Crippen MR) is 209 cm³/mol. The molecule has 0 atom stereocenters. The number of nitrogens with one attached hydrogen (secondary N) is 4. The van der Waals surface area contributed by atoms with Crippen LogP contribution in [-0.4, -0.2) is 39.9 Å². The molecule has 0 saturated carbocycles. The van der Waals surface area contributed by atoms with Gasteiger partial charge in [-0.05, 0) is 102 Å². The topological polar surface area (TPSA) is 148 Å². The minimum Gasteiger partial charge on any atom is -0.357 e. The van der Waals surface area contributed by atoms with Gasteiger partial charge in [0.2, 0.25) is 20.0 Å². The monoisotopic (exact) mass is 849 g/mol. The summed E-state index contributed by atoms with van der Waals surface area (Å²) in [5, 5.41) is 11.1. The van der Waals surface area contributed by atoms with E-state index in [1.54, 1.807) is 24.3 Å². The number of H-pyrrole nitrogens is 2. The summed E-state index contributed by atoms with van der Waals surface area (Å²) in [7, 11) is -8.44. The quantitative estimate of drug-likeness (QED) is 0.0857. The number of nitrogens with zero attached hydrogens (tertiary/aromatic N) is 1. The Balaban J connectivity index is 1.26. The van der Waals surface area contributed by atoms with Crippen LogP contribution in [0.4, 0.5) is 26.3 Å². The van der Waals surface area contributed by atoms with Crippen molar-refractivity contribution in [3.05, 3.63) is 166 Å². The first-order chi connectivity index (χ1) is 28.0. The molecule has 0 amide bonds. The fraction of sp³-hybridized carbons (Fsp3) is 0.167. The zero-order valence-corrected chi connectivity index (χ0v) is 32.3. The predicted octanol–water partition coefficient (Wildman–Crippen LogP) is 8.78. The molecule has 5 aromatic carbocycles. The molecule has 0 aliphatic rings. The largest absolute Gasteiger partial charge is 0.416 e. The average molecular weight is 850 g/mol. The summed E-state index contributed by atoms with van der Waals surface area (Å²) in [6, 6.07) is 30.1. The highest BCUT2D eigenvalue weighted by atomic mass is 32.2. The van der Waals surface area contributed by atoms with Crippen molar-refractivity contribution in [1.29, 1.82) is 5.26 Å². The van der Waals surface area contributed by atoms with Gasteiger partial charge in [0.05, 0.1) is 38.5 Å². The maximum absolute atomic E-state index is 13.2. The molecule has 0 bridgehead atoms. The Labute approximate surface area is 334 Å². The van der Waals surface area contributed by atoms with Crippen LogP contribution in [0.25, 0.3) is 21.8 Å². The van der Waals surface area contributed by atoms with E-state index in [4.69, 9.17) is 0 Å². The minimum atomic E-state index is -4.64. The van der Waals surface area contributed by atoms with Gasteiger partial charge in [0.15, 0.2) is 0 Å². The van der Waals surface area contributed by atoms with Crippen LogP contribution in [-0.2, 0) is 45.2 Å². The van der Waals surface area contributed by atoms with E-state index in [2.05, 4.69) is 25.5 Å². The molecule has 0 aliphatic heterocycles. The SMILES string of the molecule is N#Cc1ccc(C(c2[nH]c3ccccc3c2CCNS(=O)(=O)c2ccc(C(F)(F)F)cc2)c2[nH]c3ccccc3c2CCNS(=O)(=O)c2ccc(C(F)(F)F)cc2)cc1. The van der Waals surface area contributed by atoms with Crippen molar-refractivity contribution in [2.75, 3.05) is 13.1 Å². The van der Waals surface area contributed by atoms with E-state index in [-0.39, 0.29) is 35.7 Å². The summed E-state index contributed by atoms with van der Waals surface area (Å²) < 4.78 is 137. The molecule has 9 nitrogen and oxygen atoms in total. The van der Waals surface area contributed by atoms with Crippen molar-refractivity contribution < 1.29 is 43.2 Å². The van der Waals surface area contributed by atoms with Crippen molar-refractivity contribution in [2.24, 2.45) is 0 Å². The third-order valence-electron chi connectivity index (χ3n) is 9.96. The Morgan fingerprint density at radius 2 is 0.949 bits per heavy atom. The fourth-order valence-electron chi connectivity index (χ4n) is 7.13. The van der Waals surface area contributed by atoms with E-state index in [1.807, 2.05) is 48.5 Å². The van der Waals surface area contributed by atoms with Crippen LogP contribution in [0.3, 0.4) is 0 Å². The first-order valence-corrected chi connectivity index (χ1v) is 21.0. The van der Waals surface area contributed by atoms with E-state index in [0.717, 1.165) is 62.8 Å². The van der Waals surface area contributed by atoms with Crippen LogP contribution in [0.1, 0.15) is 50.7 Å². The number of alkyl halides is 6. The Morgan fingerprint density at radius 1 is 0.559 bits per heavy atom. The second kappa shape index (κ2) is 16.0. The molecule has 4 N–H and O–H groups in total. The van der Waals surface area contributed by atoms with Gasteiger partial charge in [-0.2, -0.15) is 31.6 Å². The lowest BCUT2D eigenvalue weighted by Crippen LogP contribution is -2.27. The summed E-state index contributed by atoms with van der Waals surface area (Å²) in [6.45, 7) is -0.271. The van der Waals surface area contributed by atoms with Gasteiger partial charge in [0.25, 0.3) is 0 Å². The molecule has 2 aromatic heterocycles. The van der Waals surface area contributed by atoms with Gasteiger partial charge >= 0.3 is 12.4 Å². The summed E-state index contributed by atoms with van der Waals surface area (Å²) >= 11 is 0. The van der Waals surface area contributed by atoms with Gasteiger partial charge in [-0.15, -0.1) is 0 Å². The van der Waals surface area contributed by atoms with Crippen LogP contribution < -0.4 is 9.44 Å². The second-order valence-electron chi connectivity index (χ2n) is 13.6. The molecule has 7 rings (SSSR count). The maximum atomic E-state index is 13.2. The van der Waals surface area contributed by atoms with Crippen LogP contribution >= 0.6 is 0 Å². The van der Waals surface area contributed by atoms with E-state index in [9.17, 15) is 48.4 Å². The molecule has 0 aliphatic carbocycles. The molecular formula is C42H33F6N5O4S2. The van der Waals surface area contributed by atoms with Gasteiger partial charge in [-0.1, -0.05) is 48.5 Å². The molecule has 59 heavy (non-hydrogen) atoms. The zero-order valence-electron chi connectivity index (χ0n) is 30.6. The highest BCUT2D eigenvalue weighted by Gasteiger charge is 2.33. The van der Waals surface area contributed by atoms with E-state index >= 15 is 0 Å². The minimum absolute atomic E-state index is 0.133. The number of fused-ring (bicyclic) bond motifs is 2. The highest BCUT2D eigenvalue weighted by Crippen LogP contribution is 2.40. The number of hydrogen-bond acceptors (Lipinski definition) is 5. The average Bonchev–Trinajstić information content (AvgIpc) is 3.75. The lowest BCUT2D eigenvalue weighted by Gasteiger charge is -2.21. The molecule has 2 heterocycles. The molecule has 0 radical (unpaired) electrons. The first-order valence-electron chi connectivity index (χ1n) is 18.0.